The lowest BCUT2D eigenvalue weighted by Crippen LogP contribution is -2.41. The molecule has 1 fully saturated rings. The molecule has 2 N–H and O–H groups in total. The molecule has 32 heavy (non-hydrogen) atoms. The van der Waals surface area contributed by atoms with Gasteiger partial charge in [-0.1, -0.05) is 30.3 Å². The van der Waals surface area contributed by atoms with Gasteiger partial charge in [0.25, 0.3) is 0 Å². The molecular formula is C24H29N5O2S. The highest BCUT2D eigenvalue weighted by atomic mass is 32.1. The molecule has 168 valence electrons. The Morgan fingerprint density at radius 3 is 2.59 bits per heavy atom. The van der Waals surface area contributed by atoms with E-state index in [-0.39, 0.29) is 24.2 Å². The van der Waals surface area contributed by atoms with Crippen molar-refractivity contribution in [2.75, 3.05) is 24.5 Å². The molecule has 0 bridgehead atoms. The number of carbonyl (C=O) groups is 2. The fraction of sp³-hybridized carbons (Fsp3) is 0.417. The third kappa shape index (κ3) is 5.07. The summed E-state index contributed by atoms with van der Waals surface area (Å²) in [7, 11) is 0. The smallest absolute Gasteiger partial charge is 0.223 e. The summed E-state index contributed by atoms with van der Waals surface area (Å²) in [5.74, 6) is 0.932. The Bertz CT molecular complexity index is 1090. The largest absolute Gasteiger partial charge is 0.356 e. The summed E-state index contributed by atoms with van der Waals surface area (Å²) in [6.45, 7) is 6.68. The van der Waals surface area contributed by atoms with E-state index in [2.05, 4.69) is 39.3 Å². The SMILES string of the molecule is Cc1sc2ncnc(N3CCC(C(=O)NCCC(=O)NCc4ccccc4)CC3)c2c1C. The Morgan fingerprint density at radius 2 is 1.84 bits per heavy atom. The molecule has 1 aliphatic heterocycles. The van der Waals surface area contributed by atoms with Crippen molar-refractivity contribution in [2.45, 2.75) is 39.7 Å². The maximum atomic E-state index is 12.6. The first-order chi connectivity index (χ1) is 15.5. The van der Waals surface area contributed by atoms with Crippen molar-refractivity contribution in [2.24, 2.45) is 5.92 Å². The number of benzene rings is 1. The number of rotatable bonds is 7. The van der Waals surface area contributed by atoms with Crippen molar-refractivity contribution in [3.8, 4) is 0 Å². The molecule has 0 radical (unpaired) electrons. The second kappa shape index (κ2) is 10.1. The van der Waals surface area contributed by atoms with Crippen molar-refractivity contribution >= 4 is 39.2 Å². The van der Waals surface area contributed by atoms with E-state index in [0.717, 1.165) is 47.5 Å². The Labute approximate surface area is 192 Å². The number of hydrogen-bond donors (Lipinski definition) is 2. The zero-order valence-corrected chi connectivity index (χ0v) is 19.4. The van der Waals surface area contributed by atoms with Gasteiger partial charge in [-0.3, -0.25) is 9.59 Å². The third-order valence-electron chi connectivity index (χ3n) is 6.09. The summed E-state index contributed by atoms with van der Waals surface area (Å²) in [5.41, 5.74) is 2.30. The number of nitrogens with zero attached hydrogens (tertiary/aromatic N) is 3. The molecule has 0 aliphatic carbocycles. The zero-order chi connectivity index (χ0) is 22.5. The number of anilines is 1. The monoisotopic (exact) mass is 451 g/mol. The normalized spacial score (nSPS) is 14.5. The fourth-order valence-corrected chi connectivity index (χ4v) is 5.08. The number of carbonyl (C=O) groups excluding carboxylic acids is 2. The molecule has 1 aromatic carbocycles. The van der Waals surface area contributed by atoms with Gasteiger partial charge in [-0.15, -0.1) is 11.3 Å². The van der Waals surface area contributed by atoms with Crippen LogP contribution in [0.5, 0.6) is 0 Å². The van der Waals surface area contributed by atoms with Crippen LogP contribution < -0.4 is 15.5 Å². The van der Waals surface area contributed by atoms with Gasteiger partial charge in [-0.2, -0.15) is 0 Å². The standard InChI is InChI=1S/C24H29N5O2S/c1-16-17(2)32-24-21(16)22(27-15-28-24)29-12-9-19(10-13-29)23(31)25-11-8-20(30)26-14-18-6-4-3-5-7-18/h3-7,15,19H,8-14H2,1-2H3,(H,25,31)(H,26,30). The van der Waals surface area contributed by atoms with E-state index in [1.165, 1.54) is 10.4 Å². The topological polar surface area (TPSA) is 87.2 Å². The van der Waals surface area contributed by atoms with Gasteiger partial charge in [0.05, 0.1) is 5.39 Å². The van der Waals surface area contributed by atoms with Crippen LogP contribution in [-0.2, 0) is 16.1 Å². The number of nitrogens with one attached hydrogen (secondary N) is 2. The van der Waals surface area contributed by atoms with Gasteiger partial charge in [0.15, 0.2) is 0 Å². The van der Waals surface area contributed by atoms with Crippen LogP contribution in [-0.4, -0.2) is 41.4 Å². The lowest BCUT2D eigenvalue weighted by atomic mass is 9.95. The highest BCUT2D eigenvalue weighted by Crippen LogP contribution is 2.35. The lowest BCUT2D eigenvalue weighted by molar-refractivity contribution is -0.125. The summed E-state index contributed by atoms with van der Waals surface area (Å²) < 4.78 is 0. The van der Waals surface area contributed by atoms with Crippen LogP contribution in [0.25, 0.3) is 10.2 Å². The van der Waals surface area contributed by atoms with Crippen LogP contribution in [0.15, 0.2) is 36.7 Å². The number of aryl methyl sites for hydroxylation is 2. The number of aromatic nitrogens is 2. The molecule has 4 rings (SSSR count). The molecule has 3 heterocycles. The molecule has 1 aliphatic rings. The number of amides is 2. The summed E-state index contributed by atoms with van der Waals surface area (Å²) in [6, 6.07) is 9.79. The summed E-state index contributed by atoms with van der Waals surface area (Å²) in [5, 5.41) is 6.96. The van der Waals surface area contributed by atoms with Crippen LogP contribution in [0.2, 0.25) is 0 Å². The predicted octanol–water partition coefficient (Wildman–Crippen LogP) is 3.35. The molecular weight excluding hydrogens is 422 g/mol. The van der Waals surface area contributed by atoms with Crippen LogP contribution in [0.3, 0.4) is 0 Å². The minimum Gasteiger partial charge on any atom is -0.356 e. The maximum absolute atomic E-state index is 12.6. The second-order valence-electron chi connectivity index (χ2n) is 8.23. The first-order valence-electron chi connectivity index (χ1n) is 11.1. The first-order valence-corrected chi connectivity index (χ1v) is 11.9. The average molecular weight is 452 g/mol. The van der Waals surface area contributed by atoms with E-state index < -0.39 is 0 Å². The van der Waals surface area contributed by atoms with Gasteiger partial charge in [-0.05, 0) is 37.8 Å². The van der Waals surface area contributed by atoms with E-state index in [1.807, 2.05) is 30.3 Å². The highest BCUT2D eigenvalue weighted by molar-refractivity contribution is 7.18. The first kappa shape index (κ1) is 22.2. The maximum Gasteiger partial charge on any atom is 0.223 e. The van der Waals surface area contributed by atoms with Gasteiger partial charge >= 0.3 is 0 Å². The number of fused-ring (bicyclic) bond motifs is 1. The highest BCUT2D eigenvalue weighted by Gasteiger charge is 2.27. The molecule has 1 saturated heterocycles. The van der Waals surface area contributed by atoms with Crippen molar-refractivity contribution < 1.29 is 9.59 Å². The summed E-state index contributed by atoms with van der Waals surface area (Å²) in [4.78, 5) is 38.2. The average Bonchev–Trinajstić information content (AvgIpc) is 3.12. The van der Waals surface area contributed by atoms with Crippen LogP contribution in [0.4, 0.5) is 5.82 Å². The van der Waals surface area contributed by atoms with E-state index in [9.17, 15) is 9.59 Å². The Morgan fingerprint density at radius 1 is 1.09 bits per heavy atom. The molecule has 2 aromatic heterocycles. The number of thiophene rings is 1. The Hall–Kier alpha value is -3.00. The van der Waals surface area contributed by atoms with Crippen molar-refractivity contribution in [1.29, 1.82) is 0 Å². The molecule has 7 nitrogen and oxygen atoms in total. The van der Waals surface area contributed by atoms with E-state index in [1.54, 1.807) is 17.7 Å². The van der Waals surface area contributed by atoms with Crippen LogP contribution >= 0.6 is 11.3 Å². The molecule has 0 spiro atoms. The fourth-order valence-electron chi connectivity index (χ4n) is 4.09. The van der Waals surface area contributed by atoms with Crippen LogP contribution in [0.1, 0.15) is 35.3 Å². The summed E-state index contributed by atoms with van der Waals surface area (Å²) >= 11 is 1.70. The molecule has 0 unspecified atom stereocenters. The molecule has 8 heteroatoms. The van der Waals surface area contributed by atoms with Gasteiger partial charge < -0.3 is 15.5 Å². The minimum absolute atomic E-state index is 0.0266. The molecule has 0 atom stereocenters. The van der Waals surface area contributed by atoms with Crippen molar-refractivity contribution in [1.82, 2.24) is 20.6 Å². The lowest BCUT2D eigenvalue weighted by Gasteiger charge is -2.32. The molecule has 3 aromatic rings. The van der Waals surface area contributed by atoms with Gasteiger partial charge in [-0.25, -0.2) is 9.97 Å². The minimum atomic E-state index is -0.0572. The van der Waals surface area contributed by atoms with Gasteiger partial charge in [0, 0.05) is 43.4 Å². The van der Waals surface area contributed by atoms with Gasteiger partial charge in [0.2, 0.25) is 11.8 Å². The van der Waals surface area contributed by atoms with E-state index in [4.69, 9.17) is 0 Å². The van der Waals surface area contributed by atoms with Crippen molar-refractivity contribution in [3.63, 3.8) is 0 Å². The van der Waals surface area contributed by atoms with E-state index in [0.29, 0.717) is 13.1 Å². The quantitative estimate of drug-likeness (QED) is 0.575. The number of hydrogen-bond acceptors (Lipinski definition) is 6. The zero-order valence-electron chi connectivity index (χ0n) is 18.6. The Balaban J connectivity index is 1.22. The van der Waals surface area contributed by atoms with Crippen molar-refractivity contribution in [3.05, 3.63) is 52.7 Å². The third-order valence-corrected chi connectivity index (χ3v) is 7.21. The number of piperidine rings is 1. The predicted molar refractivity (Wildman–Crippen MR) is 128 cm³/mol. The molecule has 2 amide bonds. The van der Waals surface area contributed by atoms with Gasteiger partial charge in [0.1, 0.15) is 17.0 Å². The Kier molecular flexibility index (Phi) is 6.99. The van der Waals surface area contributed by atoms with Crippen LogP contribution in [0, 0.1) is 19.8 Å². The summed E-state index contributed by atoms with van der Waals surface area (Å²) in [6.07, 6.45) is 3.47. The van der Waals surface area contributed by atoms with E-state index >= 15 is 0 Å². The molecule has 0 saturated carbocycles. The second-order valence-corrected chi connectivity index (χ2v) is 9.43.